The van der Waals surface area contributed by atoms with E-state index >= 15 is 0 Å². The van der Waals surface area contributed by atoms with Crippen molar-refractivity contribution in [2.75, 3.05) is 0 Å². The predicted molar refractivity (Wildman–Crippen MR) is 84.9 cm³/mol. The molecule has 0 heterocycles. The van der Waals surface area contributed by atoms with E-state index in [-0.39, 0.29) is 11.3 Å². The van der Waals surface area contributed by atoms with Gasteiger partial charge in [-0.05, 0) is 42.7 Å². The molecule has 2 aromatic carbocycles. The smallest absolute Gasteiger partial charge is 0.416 e. The Morgan fingerprint density at radius 2 is 1.58 bits per heavy atom. The van der Waals surface area contributed by atoms with Crippen molar-refractivity contribution in [3.05, 3.63) is 64.7 Å². The molecule has 24 heavy (non-hydrogen) atoms. The SMILES string of the molecule is CC.CCc1ccc(F)cc1O.Cc1c(F)cccc1C(F)(F)F. The summed E-state index contributed by atoms with van der Waals surface area (Å²) in [5.74, 6) is -1.18. The van der Waals surface area contributed by atoms with Crippen molar-refractivity contribution < 1.29 is 27.1 Å². The molecule has 0 aromatic heterocycles. The van der Waals surface area contributed by atoms with Crippen LogP contribution in [0.25, 0.3) is 0 Å². The quantitative estimate of drug-likeness (QED) is 0.602. The Labute approximate surface area is 138 Å². The molecule has 0 saturated heterocycles. The van der Waals surface area contributed by atoms with E-state index in [1.165, 1.54) is 6.07 Å². The number of rotatable bonds is 1. The number of hydrogen-bond acceptors (Lipinski definition) is 1. The minimum absolute atomic E-state index is 0.0440. The molecule has 0 saturated carbocycles. The zero-order chi connectivity index (χ0) is 18.9. The van der Waals surface area contributed by atoms with Gasteiger partial charge >= 0.3 is 6.18 Å². The Morgan fingerprint density at radius 3 is 2.00 bits per heavy atom. The van der Waals surface area contributed by atoms with Crippen molar-refractivity contribution in [2.24, 2.45) is 0 Å². The number of aryl methyl sites for hydroxylation is 1. The topological polar surface area (TPSA) is 20.2 Å². The second-order valence-electron chi connectivity index (χ2n) is 4.54. The lowest BCUT2D eigenvalue weighted by atomic mass is 10.1. The molecule has 1 nitrogen and oxygen atoms in total. The molecule has 2 rings (SSSR count). The fraction of sp³-hybridized carbons (Fsp3) is 0.333. The molecule has 0 radical (unpaired) electrons. The van der Waals surface area contributed by atoms with Gasteiger partial charge in [0, 0.05) is 6.07 Å². The summed E-state index contributed by atoms with van der Waals surface area (Å²) in [4.78, 5) is 0. The van der Waals surface area contributed by atoms with E-state index in [1.807, 2.05) is 20.8 Å². The van der Waals surface area contributed by atoms with E-state index in [1.54, 1.807) is 6.07 Å². The fourth-order valence-corrected chi connectivity index (χ4v) is 1.75. The van der Waals surface area contributed by atoms with E-state index in [0.717, 1.165) is 43.2 Å². The standard InChI is InChI=1S/C8H6F4.C8H9FO.C2H6/c1-5-6(8(10,11)12)3-2-4-7(5)9;1-2-6-3-4-7(9)5-8(6)10;1-2/h2-4H,1H3;3-5,10H,2H2,1H3;1-2H3. The number of benzene rings is 2. The Balaban J connectivity index is 0.000000405. The van der Waals surface area contributed by atoms with Crippen LogP contribution in [0.1, 0.15) is 37.5 Å². The van der Waals surface area contributed by atoms with Crippen molar-refractivity contribution in [1.29, 1.82) is 0 Å². The summed E-state index contributed by atoms with van der Waals surface area (Å²) in [6.45, 7) is 7.02. The average Bonchev–Trinajstić information content (AvgIpc) is 2.51. The van der Waals surface area contributed by atoms with Gasteiger partial charge in [-0.15, -0.1) is 0 Å². The monoisotopic (exact) mass is 348 g/mol. The number of alkyl halides is 3. The average molecular weight is 348 g/mol. The maximum absolute atomic E-state index is 12.6. The molecule has 0 aliphatic rings. The van der Waals surface area contributed by atoms with Gasteiger partial charge in [0.1, 0.15) is 17.4 Å². The third-order valence-electron chi connectivity index (χ3n) is 3.00. The highest BCUT2D eigenvalue weighted by atomic mass is 19.4. The number of phenolic OH excluding ortho intramolecular Hbond substituents is 1. The molecule has 6 heteroatoms. The Hall–Kier alpha value is -2.11. The summed E-state index contributed by atoms with van der Waals surface area (Å²) < 4.78 is 61.1. The van der Waals surface area contributed by atoms with Crippen LogP contribution in [0, 0.1) is 18.6 Å². The maximum Gasteiger partial charge on any atom is 0.416 e. The van der Waals surface area contributed by atoms with Gasteiger partial charge in [0.2, 0.25) is 0 Å². The van der Waals surface area contributed by atoms with Gasteiger partial charge < -0.3 is 5.11 Å². The third-order valence-corrected chi connectivity index (χ3v) is 3.00. The van der Waals surface area contributed by atoms with Crippen LogP contribution >= 0.6 is 0 Å². The number of hydrogen-bond donors (Lipinski definition) is 1. The fourth-order valence-electron chi connectivity index (χ4n) is 1.75. The zero-order valence-electron chi connectivity index (χ0n) is 14.0. The third kappa shape index (κ3) is 6.56. The van der Waals surface area contributed by atoms with Crippen LogP contribution in [0.3, 0.4) is 0 Å². The summed E-state index contributed by atoms with van der Waals surface area (Å²) in [5, 5.41) is 9.05. The van der Waals surface area contributed by atoms with E-state index in [4.69, 9.17) is 5.11 Å². The first-order valence-corrected chi connectivity index (χ1v) is 7.46. The van der Waals surface area contributed by atoms with Crippen molar-refractivity contribution in [2.45, 2.75) is 40.3 Å². The van der Waals surface area contributed by atoms with Crippen molar-refractivity contribution in [3.63, 3.8) is 0 Å². The number of phenols is 1. The van der Waals surface area contributed by atoms with Crippen LogP contribution in [-0.4, -0.2) is 5.11 Å². The van der Waals surface area contributed by atoms with Gasteiger partial charge in [0.15, 0.2) is 0 Å². The lowest BCUT2D eigenvalue weighted by molar-refractivity contribution is -0.138. The number of halogens is 5. The maximum atomic E-state index is 12.6. The molecule has 0 atom stereocenters. The van der Waals surface area contributed by atoms with Gasteiger partial charge in [-0.3, -0.25) is 0 Å². The minimum Gasteiger partial charge on any atom is -0.508 e. The highest BCUT2D eigenvalue weighted by Crippen LogP contribution is 2.32. The molecular weight excluding hydrogens is 327 g/mol. The molecule has 0 unspecified atom stereocenters. The van der Waals surface area contributed by atoms with Crippen LogP contribution in [0.5, 0.6) is 5.75 Å². The van der Waals surface area contributed by atoms with Gasteiger partial charge in [0.25, 0.3) is 0 Å². The van der Waals surface area contributed by atoms with Crippen LogP contribution in [0.2, 0.25) is 0 Å². The molecule has 0 fully saturated rings. The second-order valence-corrected chi connectivity index (χ2v) is 4.54. The van der Waals surface area contributed by atoms with Crippen molar-refractivity contribution in [1.82, 2.24) is 0 Å². The summed E-state index contributed by atoms with van der Waals surface area (Å²) in [5.41, 5.74) is -0.492. The number of aromatic hydroxyl groups is 1. The van der Waals surface area contributed by atoms with E-state index in [2.05, 4.69) is 0 Å². The van der Waals surface area contributed by atoms with E-state index in [9.17, 15) is 22.0 Å². The van der Waals surface area contributed by atoms with Crippen LogP contribution in [0.15, 0.2) is 36.4 Å². The summed E-state index contributed by atoms with van der Waals surface area (Å²) >= 11 is 0. The van der Waals surface area contributed by atoms with Crippen LogP contribution in [-0.2, 0) is 12.6 Å². The van der Waals surface area contributed by atoms with Gasteiger partial charge in [0.05, 0.1) is 5.56 Å². The molecule has 0 spiro atoms. The molecule has 0 aliphatic heterocycles. The van der Waals surface area contributed by atoms with E-state index < -0.39 is 23.4 Å². The predicted octanol–water partition coefficient (Wildman–Crippen LogP) is 6.27. The van der Waals surface area contributed by atoms with E-state index in [0.29, 0.717) is 0 Å². The highest BCUT2D eigenvalue weighted by Gasteiger charge is 2.32. The summed E-state index contributed by atoms with van der Waals surface area (Å²) in [6.07, 6.45) is -3.74. The van der Waals surface area contributed by atoms with Crippen molar-refractivity contribution >= 4 is 0 Å². The molecule has 1 N–H and O–H groups in total. The molecule has 2 aromatic rings. The Morgan fingerprint density at radius 1 is 1.00 bits per heavy atom. The van der Waals surface area contributed by atoms with Gasteiger partial charge in [-0.25, -0.2) is 8.78 Å². The highest BCUT2D eigenvalue weighted by molar-refractivity contribution is 5.32. The summed E-state index contributed by atoms with van der Waals surface area (Å²) in [7, 11) is 0. The molecule has 134 valence electrons. The van der Waals surface area contributed by atoms with Crippen LogP contribution in [0.4, 0.5) is 22.0 Å². The lowest BCUT2D eigenvalue weighted by Gasteiger charge is -2.09. The normalized spacial score (nSPS) is 10.2. The van der Waals surface area contributed by atoms with Crippen LogP contribution < -0.4 is 0 Å². The Kier molecular flexibility index (Phi) is 9.03. The molecule has 0 aliphatic carbocycles. The largest absolute Gasteiger partial charge is 0.508 e. The first kappa shape index (κ1) is 21.9. The minimum atomic E-state index is -4.47. The van der Waals surface area contributed by atoms with Gasteiger partial charge in [-0.1, -0.05) is 32.9 Å². The zero-order valence-corrected chi connectivity index (χ0v) is 14.0. The molecular formula is C18H21F5O. The van der Waals surface area contributed by atoms with Gasteiger partial charge in [-0.2, -0.15) is 13.2 Å². The first-order valence-electron chi connectivity index (χ1n) is 7.46. The lowest BCUT2D eigenvalue weighted by Crippen LogP contribution is -2.08. The first-order chi connectivity index (χ1) is 11.2. The van der Waals surface area contributed by atoms with Crippen molar-refractivity contribution in [3.8, 4) is 5.75 Å². The Bertz CT molecular complexity index is 636. The second kappa shape index (κ2) is 9.90. The molecule has 0 bridgehead atoms. The summed E-state index contributed by atoms with van der Waals surface area (Å²) in [6, 6.07) is 6.97. The molecule has 0 amide bonds.